The van der Waals surface area contributed by atoms with Crippen LogP contribution in [-0.2, 0) is 19.4 Å². The first-order valence-electron chi connectivity index (χ1n) is 10.9. The molecule has 0 N–H and O–H groups in total. The SMILES string of the molecule is Fc1cc(-n2ccc3c(CCc4ccccc4)cccc32)ccc1OCc1ccccc1. The van der Waals surface area contributed by atoms with Crippen molar-refractivity contribution in [2.45, 2.75) is 19.4 Å². The van der Waals surface area contributed by atoms with Gasteiger partial charge in [0, 0.05) is 23.3 Å². The maximum atomic E-state index is 14.8. The van der Waals surface area contributed by atoms with Gasteiger partial charge in [0.05, 0.1) is 5.52 Å². The average molecular weight is 422 g/mol. The minimum atomic E-state index is -0.361. The van der Waals surface area contributed by atoms with Gasteiger partial charge in [-0.1, -0.05) is 72.8 Å². The zero-order chi connectivity index (χ0) is 21.8. The van der Waals surface area contributed by atoms with Crippen LogP contribution in [0, 0.1) is 5.82 Å². The van der Waals surface area contributed by atoms with E-state index < -0.39 is 0 Å². The highest BCUT2D eigenvalue weighted by atomic mass is 19.1. The van der Waals surface area contributed by atoms with Gasteiger partial charge < -0.3 is 9.30 Å². The first kappa shape index (κ1) is 20.1. The number of ether oxygens (including phenoxy) is 1. The summed E-state index contributed by atoms with van der Waals surface area (Å²) in [6.07, 6.45) is 3.97. The van der Waals surface area contributed by atoms with Crippen molar-refractivity contribution in [3.63, 3.8) is 0 Å². The van der Waals surface area contributed by atoms with Gasteiger partial charge in [0.15, 0.2) is 11.6 Å². The third kappa shape index (κ3) is 4.28. The Balaban J connectivity index is 1.37. The molecule has 2 nitrogen and oxygen atoms in total. The fourth-order valence-corrected chi connectivity index (χ4v) is 4.09. The molecule has 0 unspecified atom stereocenters. The quantitative estimate of drug-likeness (QED) is 0.273. The van der Waals surface area contributed by atoms with Crippen molar-refractivity contribution in [1.82, 2.24) is 4.57 Å². The lowest BCUT2D eigenvalue weighted by molar-refractivity contribution is 0.290. The topological polar surface area (TPSA) is 14.2 Å². The molecule has 3 heteroatoms. The fourth-order valence-electron chi connectivity index (χ4n) is 4.09. The maximum Gasteiger partial charge on any atom is 0.167 e. The second kappa shape index (κ2) is 9.11. The molecule has 0 fully saturated rings. The van der Waals surface area contributed by atoms with Crippen LogP contribution in [0.1, 0.15) is 16.7 Å². The van der Waals surface area contributed by atoms with Gasteiger partial charge in [-0.05, 0) is 53.8 Å². The largest absolute Gasteiger partial charge is 0.486 e. The molecule has 0 aliphatic heterocycles. The summed E-state index contributed by atoms with van der Waals surface area (Å²) in [5, 5.41) is 1.20. The first-order valence-corrected chi connectivity index (χ1v) is 10.9. The van der Waals surface area contributed by atoms with Crippen molar-refractivity contribution in [3.05, 3.63) is 132 Å². The Morgan fingerprint density at radius 1 is 0.688 bits per heavy atom. The molecule has 1 heterocycles. The Morgan fingerprint density at radius 2 is 1.44 bits per heavy atom. The maximum absolute atomic E-state index is 14.8. The highest BCUT2D eigenvalue weighted by Crippen LogP contribution is 2.27. The predicted octanol–water partition coefficient (Wildman–Crippen LogP) is 7.13. The van der Waals surface area contributed by atoms with E-state index in [0.29, 0.717) is 6.61 Å². The summed E-state index contributed by atoms with van der Waals surface area (Å²) < 4.78 is 22.5. The minimum Gasteiger partial charge on any atom is -0.486 e. The van der Waals surface area contributed by atoms with Crippen LogP contribution >= 0.6 is 0 Å². The van der Waals surface area contributed by atoms with E-state index in [9.17, 15) is 4.39 Å². The summed E-state index contributed by atoms with van der Waals surface area (Å²) in [5.41, 5.74) is 5.50. The molecule has 5 aromatic rings. The van der Waals surface area contributed by atoms with E-state index in [1.165, 1.54) is 22.6 Å². The van der Waals surface area contributed by atoms with Gasteiger partial charge in [0.1, 0.15) is 6.61 Å². The molecule has 0 aliphatic carbocycles. The molecule has 1 aromatic heterocycles. The number of aryl methyl sites for hydroxylation is 2. The van der Waals surface area contributed by atoms with Crippen molar-refractivity contribution >= 4 is 10.9 Å². The molecule has 0 amide bonds. The van der Waals surface area contributed by atoms with Crippen LogP contribution < -0.4 is 4.74 Å². The molecule has 0 saturated carbocycles. The van der Waals surface area contributed by atoms with Crippen LogP contribution in [0.3, 0.4) is 0 Å². The van der Waals surface area contributed by atoms with Gasteiger partial charge in [0.25, 0.3) is 0 Å². The monoisotopic (exact) mass is 421 g/mol. The molecule has 0 saturated heterocycles. The molecule has 0 atom stereocenters. The van der Waals surface area contributed by atoms with Crippen molar-refractivity contribution in [1.29, 1.82) is 0 Å². The lowest BCUT2D eigenvalue weighted by atomic mass is 10.0. The second-order valence-electron chi connectivity index (χ2n) is 7.91. The second-order valence-corrected chi connectivity index (χ2v) is 7.91. The summed E-state index contributed by atoms with van der Waals surface area (Å²) in [6.45, 7) is 0.342. The van der Waals surface area contributed by atoms with E-state index in [1.54, 1.807) is 6.07 Å². The molecule has 5 rings (SSSR count). The average Bonchev–Trinajstić information content (AvgIpc) is 3.28. The van der Waals surface area contributed by atoms with Crippen LogP contribution in [0.25, 0.3) is 16.6 Å². The minimum absolute atomic E-state index is 0.262. The zero-order valence-corrected chi connectivity index (χ0v) is 17.7. The van der Waals surface area contributed by atoms with Gasteiger partial charge in [-0.2, -0.15) is 0 Å². The van der Waals surface area contributed by atoms with E-state index in [2.05, 4.69) is 48.5 Å². The first-order chi connectivity index (χ1) is 15.8. The van der Waals surface area contributed by atoms with Gasteiger partial charge in [-0.15, -0.1) is 0 Å². The van der Waals surface area contributed by atoms with Crippen molar-refractivity contribution < 1.29 is 9.13 Å². The smallest absolute Gasteiger partial charge is 0.167 e. The molecule has 0 radical (unpaired) electrons. The number of benzene rings is 4. The van der Waals surface area contributed by atoms with Crippen molar-refractivity contribution in [2.24, 2.45) is 0 Å². The molecular formula is C29H24FNO. The lowest BCUT2D eigenvalue weighted by Crippen LogP contribution is -1.99. The standard InChI is InChI=1S/C29H24FNO/c30-27-20-25(16-17-29(27)32-21-23-10-5-2-6-11-23)31-19-18-26-24(12-7-13-28(26)31)15-14-22-8-3-1-4-9-22/h1-13,16-20H,14-15,21H2. The summed E-state index contributed by atoms with van der Waals surface area (Å²) >= 11 is 0. The Kier molecular flexibility index (Phi) is 5.71. The Labute approximate surface area is 187 Å². The number of rotatable bonds is 7. The summed E-state index contributed by atoms with van der Waals surface area (Å²) in [7, 11) is 0. The Hall–Kier alpha value is -3.85. The van der Waals surface area contributed by atoms with Crippen LogP contribution in [0.15, 0.2) is 109 Å². The van der Waals surface area contributed by atoms with Crippen LogP contribution in [0.5, 0.6) is 5.75 Å². The van der Waals surface area contributed by atoms with Gasteiger partial charge >= 0.3 is 0 Å². The lowest BCUT2D eigenvalue weighted by Gasteiger charge is -2.11. The summed E-state index contributed by atoms with van der Waals surface area (Å²) in [6, 6.07) is 33.9. The predicted molar refractivity (Wildman–Crippen MR) is 128 cm³/mol. The summed E-state index contributed by atoms with van der Waals surface area (Å²) in [5.74, 6) is -0.0990. The Morgan fingerprint density at radius 3 is 2.19 bits per heavy atom. The van der Waals surface area contributed by atoms with Gasteiger partial charge in [-0.25, -0.2) is 4.39 Å². The third-order valence-electron chi connectivity index (χ3n) is 5.78. The third-order valence-corrected chi connectivity index (χ3v) is 5.78. The number of hydrogen-bond donors (Lipinski definition) is 0. The van der Waals surface area contributed by atoms with E-state index in [1.807, 2.05) is 53.2 Å². The molecular weight excluding hydrogens is 397 g/mol. The number of nitrogens with zero attached hydrogens (tertiary/aromatic N) is 1. The fraction of sp³-hybridized carbons (Fsp3) is 0.103. The molecule has 0 spiro atoms. The van der Waals surface area contributed by atoms with E-state index in [-0.39, 0.29) is 11.6 Å². The van der Waals surface area contributed by atoms with E-state index >= 15 is 0 Å². The molecule has 158 valence electrons. The molecule has 0 aliphatic rings. The van der Waals surface area contributed by atoms with Gasteiger partial charge in [0.2, 0.25) is 0 Å². The van der Waals surface area contributed by atoms with E-state index in [4.69, 9.17) is 4.74 Å². The van der Waals surface area contributed by atoms with Crippen molar-refractivity contribution in [3.8, 4) is 11.4 Å². The van der Waals surface area contributed by atoms with Crippen molar-refractivity contribution in [2.75, 3.05) is 0 Å². The Bertz CT molecular complexity index is 1330. The van der Waals surface area contributed by atoms with E-state index in [0.717, 1.165) is 29.6 Å². The number of fused-ring (bicyclic) bond motifs is 1. The highest BCUT2D eigenvalue weighted by molar-refractivity contribution is 5.85. The number of hydrogen-bond acceptors (Lipinski definition) is 1. The normalized spacial score (nSPS) is 11.0. The molecule has 0 bridgehead atoms. The zero-order valence-electron chi connectivity index (χ0n) is 17.7. The van der Waals surface area contributed by atoms with Crippen LogP contribution in [0.4, 0.5) is 4.39 Å². The number of aromatic nitrogens is 1. The van der Waals surface area contributed by atoms with Crippen LogP contribution in [0.2, 0.25) is 0 Å². The van der Waals surface area contributed by atoms with Gasteiger partial charge in [-0.3, -0.25) is 0 Å². The van der Waals surface area contributed by atoms with Crippen LogP contribution in [-0.4, -0.2) is 4.57 Å². The summed E-state index contributed by atoms with van der Waals surface area (Å²) in [4.78, 5) is 0. The molecule has 4 aromatic carbocycles. The number of halogens is 1. The molecule has 32 heavy (non-hydrogen) atoms. The highest BCUT2D eigenvalue weighted by Gasteiger charge is 2.11.